The molecule has 1 fully saturated rings. The number of nitrogens with zero attached hydrogens (tertiary/aromatic N) is 1. The minimum Gasteiger partial charge on any atom is -0.466 e. The molecule has 0 aromatic carbocycles. The summed E-state index contributed by atoms with van der Waals surface area (Å²) in [5.41, 5.74) is 0. The molecule has 1 heterocycles. The van der Waals surface area contributed by atoms with Gasteiger partial charge < -0.3 is 10.1 Å². The van der Waals surface area contributed by atoms with E-state index in [2.05, 4.69) is 10.2 Å². The lowest BCUT2D eigenvalue weighted by molar-refractivity contribution is -0.143. The molecule has 0 radical (unpaired) electrons. The summed E-state index contributed by atoms with van der Waals surface area (Å²) in [4.78, 5) is 25.2. The Balaban J connectivity index is 2.28. The number of hydrogen-bond acceptors (Lipinski definition) is 4. The minimum atomic E-state index is -0.257. The van der Waals surface area contributed by atoms with Gasteiger partial charge in [0.05, 0.1) is 19.1 Å². The molecule has 1 amide bonds. The van der Waals surface area contributed by atoms with Gasteiger partial charge in [-0.1, -0.05) is 12.8 Å². The van der Waals surface area contributed by atoms with Crippen LogP contribution in [0.1, 0.15) is 39.0 Å². The Morgan fingerprint density at radius 3 is 2.83 bits per heavy atom. The average molecular weight is 256 g/mol. The number of carbonyl (C=O) groups excluding carboxylic acids is 2. The van der Waals surface area contributed by atoms with Crippen molar-refractivity contribution >= 4 is 11.9 Å². The van der Waals surface area contributed by atoms with Crippen LogP contribution in [-0.2, 0) is 14.3 Å². The monoisotopic (exact) mass is 256 g/mol. The molecule has 1 aliphatic heterocycles. The van der Waals surface area contributed by atoms with Gasteiger partial charge in [0.15, 0.2) is 0 Å². The summed E-state index contributed by atoms with van der Waals surface area (Å²) < 4.78 is 4.81. The van der Waals surface area contributed by atoms with Gasteiger partial charge in [-0.25, -0.2) is 0 Å². The van der Waals surface area contributed by atoms with E-state index in [-0.39, 0.29) is 24.3 Å². The van der Waals surface area contributed by atoms with Crippen molar-refractivity contribution < 1.29 is 14.3 Å². The van der Waals surface area contributed by atoms with Gasteiger partial charge >= 0.3 is 5.97 Å². The molecule has 5 heteroatoms. The number of nitrogens with one attached hydrogen (secondary N) is 1. The molecular formula is C13H24N2O3. The predicted octanol–water partition coefficient (Wildman–Crippen LogP) is 0.930. The zero-order chi connectivity index (χ0) is 13.4. The van der Waals surface area contributed by atoms with E-state index in [0.29, 0.717) is 13.2 Å². The van der Waals surface area contributed by atoms with Gasteiger partial charge in [0, 0.05) is 6.54 Å². The Hall–Kier alpha value is -1.10. The summed E-state index contributed by atoms with van der Waals surface area (Å²) in [6.45, 7) is 3.49. The van der Waals surface area contributed by atoms with E-state index >= 15 is 0 Å². The van der Waals surface area contributed by atoms with Crippen molar-refractivity contribution in [1.29, 1.82) is 0 Å². The maximum absolute atomic E-state index is 12.0. The van der Waals surface area contributed by atoms with E-state index in [0.717, 1.165) is 25.8 Å². The molecule has 0 aliphatic carbocycles. The van der Waals surface area contributed by atoms with Crippen molar-refractivity contribution in [2.75, 3.05) is 26.7 Å². The van der Waals surface area contributed by atoms with Gasteiger partial charge in [-0.05, 0) is 33.4 Å². The fourth-order valence-electron chi connectivity index (χ4n) is 2.22. The van der Waals surface area contributed by atoms with Crippen LogP contribution in [0, 0.1) is 0 Å². The second-order valence-corrected chi connectivity index (χ2v) is 4.69. The van der Waals surface area contributed by atoms with Crippen LogP contribution in [0.4, 0.5) is 0 Å². The van der Waals surface area contributed by atoms with Crippen LogP contribution in [0.3, 0.4) is 0 Å². The zero-order valence-electron chi connectivity index (χ0n) is 11.4. The van der Waals surface area contributed by atoms with Crippen molar-refractivity contribution in [3.05, 3.63) is 0 Å². The highest BCUT2D eigenvalue weighted by Crippen LogP contribution is 2.14. The van der Waals surface area contributed by atoms with Crippen LogP contribution in [0.2, 0.25) is 0 Å². The van der Waals surface area contributed by atoms with E-state index in [4.69, 9.17) is 4.74 Å². The zero-order valence-corrected chi connectivity index (χ0v) is 11.4. The molecular weight excluding hydrogens is 232 g/mol. The highest BCUT2D eigenvalue weighted by atomic mass is 16.5. The third-order valence-corrected chi connectivity index (χ3v) is 3.26. The molecule has 1 N–H and O–H groups in total. The van der Waals surface area contributed by atoms with Gasteiger partial charge in [0.25, 0.3) is 0 Å². The lowest BCUT2D eigenvalue weighted by Gasteiger charge is -2.24. The Morgan fingerprint density at radius 1 is 1.33 bits per heavy atom. The molecule has 5 nitrogen and oxygen atoms in total. The summed E-state index contributed by atoms with van der Waals surface area (Å²) in [5.74, 6) is -0.226. The summed E-state index contributed by atoms with van der Waals surface area (Å²) in [7, 11) is 1.99. The largest absolute Gasteiger partial charge is 0.466 e. The van der Waals surface area contributed by atoms with Gasteiger partial charge in [0.2, 0.25) is 5.91 Å². The van der Waals surface area contributed by atoms with Crippen molar-refractivity contribution in [3.8, 4) is 0 Å². The van der Waals surface area contributed by atoms with E-state index in [1.807, 2.05) is 7.05 Å². The lowest BCUT2D eigenvalue weighted by atomic mass is 10.1. The van der Waals surface area contributed by atoms with Crippen molar-refractivity contribution in [3.63, 3.8) is 0 Å². The van der Waals surface area contributed by atoms with E-state index in [1.54, 1.807) is 6.92 Å². The van der Waals surface area contributed by atoms with E-state index in [9.17, 15) is 9.59 Å². The second-order valence-electron chi connectivity index (χ2n) is 4.69. The van der Waals surface area contributed by atoms with Gasteiger partial charge in [-0.3, -0.25) is 14.5 Å². The molecule has 1 rings (SSSR count). The molecule has 1 aliphatic rings. The van der Waals surface area contributed by atoms with Crippen molar-refractivity contribution in [1.82, 2.24) is 10.2 Å². The quantitative estimate of drug-likeness (QED) is 0.743. The molecule has 0 aromatic rings. The Bertz CT molecular complexity index is 281. The van der Waals surface area contributed by atoms with Crippen LogP contribution in [0.5, 0.6) is 0 Å². The van der Waals surface area contributed by atoms with Crippen LogP contribution in [0.15, 0.2) is 0 Å². The van der Waals surface area contributed by atoms with Gasteiger partial charge in [-0.2, -0.15) is 0 Å². The fourth-order valence-corrected chi connectivity index (χ4v) is 2.22. The highest BCUT2D eigenvalue weighted by Gasteiger charge is 2.24. The number of amides is 1. The number of carbonyl (C=O) groups is 2. The first-order chi connectivity index (χ1) is 8.65. The number of hydrogen-bond donors (Lipinski definition) is 1. The summed E-state index contributed by atoms with van der Waals surface area (Å²) >= 11 is 0. The minimum absolute atomic E-state index is 0.0312. The molecule has 1 atom stereocenters. The van der Waals surface area contributed by atoms with Gasteiger partial charge in [-0.15, -0.1) is 0 Å². The molecule has 104 valence electrons. The number of rotatable bonds is 5. The molecule has 0 aromatic heterocycles. The lowest BCUT2D eigenvalue weighted by Crippen LogP contribution is -2.45. The summed E-state index contributed by atoms with van der Waals surface area (Å²) in [6.07, 6.45) is 4.60. The third-order valence-electron chi connectivity index (χ3n) is 3.26. The maximum atomic E-state index is 12.0. The van der Waals surface area contributed by atoms with Crippen LogP contribution in [-0.4, -0.2) is 49.6 Å². The second kappa shape index (κ2) is 8.08. The van der Waals surface area contributed by atoms with Crippen molar-refractivity contribution in [2.45, 2.75) is 45.1 Å². The Kier molecular flexibility index (Phi) is 6.72. The average Bonchev–Trinajstić information content (AvgIpc) is 2.54. The highest BCUT2D eigenvalue weighted by molar-refractivity contribution is 5.82. The van der Waals surface area contributed by atoms with E-state index in [1.165, 1.54) is 6.42 Å². The normalized spacial score (nSPS) is 21.1. The predicted molar refractivity (Wildman–Crippen MR) is 69.1 cm³/mol. The first-order valence-electron chi connectivity index (χ1n) is 6.78. The summed E-state index contributed by atoms with van der Waals surface area (Å²) in [5, 5.41) is 2.82. The van der Waals surface area contributed by atoms with Crippen LogP contribution >= 0.6 is 0 Å². The number of likely N-dealkylation sites (tertiary alicyclic amines) is 1. The Morgan fingerprint density at radius 2 is 2.11 bits per heavy atom. The molecule has 18 heavy (non-hydrogen) atoms. The fraction of sp³-hybridized carbons (Fsp3) is 0.846. The molecule has 0 bridgehead atoms. The smallest absolute Gasteiger partial charge is 0.307 e. The molecule has 0 spiro atoms. The number of esters is 1. The van der Waals surface area contributed by atoms with Crippen LogP contribution in [0.25, 0.3) is 0 Å². The first kappa shape index (κ1) is 15.0. The summed E-state index contributed by atoms with van der Waals surface area (Å²) in [6, 6.07) is -0.0466. The standard InChI is InChI=1S/C13H24N2O3/c1-3-18-12(16)8-9-14-13(17)11-7-5-4-6-10-15(11)2/h11H,3-10H2,1-2H3,(H,14,17)/t11-/m0/s1. The topological polar surface area (TPSA) is 58.6 Å². The first-order valence-corrected chi connectivity index (χ1v) is 6.78. The maximum Gasteiger partial charge on any atom is 0.307 e. The third kappa shape index (κ3) is 5.04. The molecule has 0 saturated carbocycles. The van der Waals surface area contributed by atoms with E-state index < -0.39 is 0 Å². The Labute approximate surface area is 109 Å². The number of ether oxygens (including phenoxy) is 1. The molecule has 0 unspecified atom stereocenters. The van der Waals surface area contributed by atoms with Crippen molar-refractivity contribution in [2.24, 2.45) is 0 Å². The van der Waals surface area contributed by atoms with Crippen LogP contribution < -0.4 is 5.32 Å². The molecule has 1 saturated heterocycles. The van der Waals surface area contributed by atoms with Gasteiger partial charge in [0.1, 0.15) is 0 Å². The number of likely N-dealkylation sites (N-methyl/N-ethyl adjacent to an activating group) is 1. The SMILES string of the molecule is CCOC(=O)CCNC(=O)[C@@H]1CCCCCN1C.